The van der Waals surface area contributed by atoms with Crippen LogP contribution in [0.4, 0.5) is 0 Å². The maximum Gasteiger partial charge on any atom is 0.320 e. The van der Waals surface area contributed by atoms with Crippen LogP contribution in [-0.2, 0) is 14.3 Å². The summed E-state index contributed by atoms with van der Waals surface area (Å²) < 4.78 is 4.40. The van der Waals surface area contributed by atoms with Crippen LogP contribution in [-0.4, -0.2) is 23.1 Å². The van der Waals surface area contributed by atoms with Gasteiger partial charge in [-0.05, 0) is 6.42 Å². The van der Waals surface area contributed by atoms with Crippen LogP contribution in [0.3, 0.4) is 0 Å². The van der Waals surface area contributed by atoms with Gasteiger partial charge in [0.25, 0.3) is 0 Å². The summed E-state index contributed by atoms with van der Waals surface area (Å²) in [7, 11) is 0. The molecule has 0 saturated carbocycles. The maximum absolute atomic E-state index is 11.0. The molecule has 0 unspecified atom stereocenters. The first kappa shape index (κ1) is 7.49. The number of aliphatic hydroxyl groups excluding tert-OH is 1. The summed E-state index contributed by atoms with van der Waals surface area (Å²) in [5.41, 5.74) is 0. The van der Waals surface area contributed by atoms with Gasteiger partial charge in [-0.3, -0.25) is 9.59 Å². The highest BCUT2D eigenvalue weighted by Crippen LogP contribution is 2.33. The highest BCUT2D eigenvalue weighted by molar-refractivity contribution is 5.97. The topological polar surface area (TPSA) is 63.6 Å². The molecule has 4 heteroatoms. The largest absolute Gasteiger partial charge is 0.393 e. The van der Waals surface area contributed by atoms with Crippen molar-refractivity contribution in [1.29, 1.82) is 0 Å². The number of fused-ring (bicyclic) bond motifs is 1. The number of cyclic esters (lactones) is 2. The molecule has 1 heterocycles. The number of allylic oxidation sites excluding steroid dienone is 1. The third-order valence-electron chi connectivity index (χ3n) is 2.30. The van der Waals surface area contributed by atoms with E-state index >= 15 is 0 Å². The quantitative estimate of drug-likeness (QED) is 0.304. The predicted octanol–water partition coefficient (Wildman–Crippen LogP) is -0.377. The van der Waals surface area contributed by atoms with E-state index in [1.54, 1.807) is 6.08 Å². The molecule has 0 aromatic carbocycles. The van der Waals surface area contributed by atoms with Gasteiger partial charge >= 0.3 is 11.9 Å². The Hall–Kier alpha value is -1.16. The molecule has 64 valence electrons. The van der Waals surface area contributed by atoms with E-state index in [1.807, 2.05) is 0 Å². The average molecular weight is 168 g/mol. The fraction of sp³-hybridized carbons (Fsp3) is 0.500. The fourth-order valence-electron chi connectivity index (χ4n) is 1.66. The normalized spacial score (nSPS) is 39.6. The summed E-state index contributed by atoms with van der Waals surface area (Å²) in [6, 6.07) is 0. The molecule has 0 radical (unpaired) electrons. The Balaban J connectivity index is 2.32. The lowest BCUT2D eigenvalue weighted by molar-refractivity contribution is -0.154. The zero-order valence-corrected chi connectivity index (χ0v) is 6.27. The Morgan fingerprint density at radius 1 is 1.42 bits per heavy atom. The van der Waals surface area contributed by atoms with Crippen LogP contribution in [0.2, 0.25) is 0 Å². The highest BCUT2D eigenvalue weighted by Gasteiger charge is 2.48. The zero-order chi connectivity index (χ0) is 8.72. The summed E-state index contributed by atoms with van der Waals surface area (Å²) in [5.74, 6) is -2.23. The van der Waals surface area contributed by atoms with Crippen molar-refractivity contribution in [1.82, 2.24) is 0 Å². The molecule has 0 amide bonds. The number of ether oxygens (including phenoxy) is 1. The molecule has 1 fully saturated rings. The van der Waals surface area contributed by atoms with Crippen molar-refractivity contribution in [3.63, 3.8) is 0 Å². The Morgan fingerprint density at radius 3 is 2.83 bits per heavy atom. The van der Waals surface area contributed by atoms with Gasteiger partial charge in [0.15, 0.2) is 0 Å². The van der Waals surface area contributed by atoms with Gasteiger partial charge in [0.05, 0.1) is 12.0 Å². The maximum atomic E-state index is 11.0. The third kappa shape index (κ3) is 0.881. The smallest absolute Gasteiger partial charge is 0.320 e. The van der Waals surface area contributed by atoms with E-state index < -0.39 is 29.9 Å². The molecular weight excluding hydrogens is 160 g/mol. The van der Waals surface area contributed by atoms with Crippen molar-refractivity contribution >= 4 is 11.9 Å². The molecule has 1 saturated heterocycles. The molecule has 0 spiro atoms. The van der Waals surface area contributed by atoms with E-state index in [1.165, 1.54) is 6.08 Å². The monoisotopic (exact) mass is 168 g/mol. The van der Waals surface area contributed by atoms with Crippen molar-refractivity contribution < 1.29 is 19.4 Å². The molecule has 1 N–H and O–H groups in total. The first-order valence-electron chi connectivity index (χ1n) is 3.80. The van der Waals surface area contributed by atoms with Gasteiger partial charge < -0.3 is 9.84 Å². The average Bonchev–Trinajstić information content (AvgIpc) is 2.29. The summed E-state index contributed by atoms with van der Waals surface area (Å²) in [6.07, 6.45) is 2.86. The lowest BCUT2D eigenvalue weighted by Crippen LogP contribution is -2.31. The van der Waals surface area contributed by atoms with Gasteiger partial charge in [-0.15, -0.1) is 0 Å². The molecule has 2 rings (SSSR count). The van der Waals surface area contributed by atoms with Crippen molar-refractivity contribution in [2.45, 2.75) is 12.5 Å². The van der Waals surface area contributed by atoms with Crippen molar-refractivity contribution in [3.8, 4) is 0 Å². The molecular formula is C8H8O4. The van der Waals surface area contributed by atoms with Gasteiger partial charge in [0, 0.05) is 0 Å². The second-order valence-electron chi connectivity index (χ2n) is 3.03. The molecule has 3 atom stereocenters. The van der Waals surface area contributed by atoms with E-state index in [-0.39, 0.29) is 0 Å². The lowest BCUT2D eigenvalue weighted by atomic mass is 9.83. The van der Waals surface area contributed by atoms with Crippen LogP contribution in [0.25, 0.3) is 0 Å². The molecule has 0 aromatic rings. The molecule has 0 aromatic heterocycles. The standard InChI is InChI=1S/C8H8O4/c9-5-3-1-2-4-6(5)8(11)12-7(4)10/h1,3-6,9H,2H2/t4-,5+,6-/m1/s1. The van der Waals surface area contributed by atoms with Crippen LogP contribution in [0.5, 0.6) is 0 Å². The Morgan fingerprint density at radius 2 is 2.17 bits per heavy atom. The highest BCUT2D eigenvalue weighted by atomic mass is 16.6. The van der Waals surface area contributed by atoms with E-state index in [4.69, 9.17) is 0 Å². The number of carbonyl (C=O) groups excluding carboxylic acids is 2. The first-order chi connectivity index (χ1) is 5.70. The van der Waals surface area contributed by atoms with Gasteiger partial charge in [-0.25, -0.2) is 0 Å². The Bertz CT molecular complexity index is 268. The van der Waals surface area contributed by atoms with Crippen LogP contribution in [0.15, 0.2) is 12.2 Å². The molecule has 0 bridgehead atoms. The number of hydrogen-bond donors (Lipinski definition) is 1. The Kier molecular flexibility index (Phi) is 1.51. The summed E-state index contributed by atoms with van der Waals surface area (Å²) in [6.45, 7) is 0. The number of carbonyl (C=O) groups is 2. The number of aliphatic hydroxyl groups is 1. The van der Waals surface area contributed by atoms with E-state index in [2.05, 4.69) is 4.74 Å². The Labute approximate surface area is 68.8 Å². The number of esters is 2. The number of rotatable bonds is 0. The second kappa shape index (κ2) is 2.42. The van der Waals surface area contributed by atoms with Crippen LogP contribution in [0, 0.1) is 11.8 Å². The zero-order valence-electron chi connectivity index (χ0n) is 6.27. The van der Waals surface area contributed by atoms with Crippen molar-refractivity contribution in [3.05, 3.63) is 12.2 Å². The third-order valence-corrected chi connectivity index (χ3v) is 2.30. The lowest BCUT2D eigenvalue weighted by Gasteiger charge is -2.19. The van der Waals surface area contributed by atoms with Gasteiger partial charge in [0.2, 0.25) is 0 Å². The summed E-state index contributed by atoms with van der Waals surface area (Å²) >= 11 is 0. The van der Waals surface area contributed by atoms with Gasteiger partial charge in [-0.2, -0.15) is 0 Å². The molecule has 1 aliphatic carbocycles. The molecule has 1 aliphatic heterocycles. The second-order valence-corrected chi connectivity index (χ2v) is 3.03. The molecule has 2 aliphatic rings. The predicted molar refractivity (Wildman–Crippen MR) is 37.8 cm³/mol. The van der Waals surface area contributed by atoms with E-state index in [9.17, 15) is 14.7 Å². The summed E-state index contributed by atoms with van der Waals surface area (Å²) in [4.78, 5) is 22.0. The SMILES string of the molecule is O=C1OC(=O)[C@@H]2CC=C[C@H](O)[C@H]12. The minimum atomic E-state index is -0.859. The fourth-order valence-corrected chi connectivity index (χ4v) is 1.66. The van der Waals surface area contributed by atoms with Crippen LogP contribution >= 0.6 is 0 Å². The number of hydrogen-bond acceptors (Lipinski definition) is 4. The van der Waals surface area contributed by atoms with Crippen LogP contribution in [0.1, 0.15) is 6.42 Å². The van der Waals surface area contributed by atoms with E-state index in [0.29, 0.717) is 6.42 Å². The molecule has 12 heavy (non-hydrogen) atoms. The van der Waals surface area contributed by atoms with Crippen LogP contribution < -0.4 is 0 Å². The minimum Gasteiger partial charge on any atom is -0.393 e. The minimum absolute atomic E-state index is 0.461. The van der Waals surface area contributed by atoms with Crippen molar-refractivity contribution in [2.75, 3.05) is 0 Å². The van der Waals surface area contributed by atoms with Crippen molar-refractivity contribution in [2.24, 2.45) is 11.8 Å². The summed E-state index contributed by atoms with van der Waals surface area (Å²) in [5, 5.41) is 9.33. The molecule has 4 nitrogen and oxygen atoms in total. The van der Waals surface area contributed by atoms with E-state index in [0.717, 1.165) is 0 Å². The van der Waals surface area contributed by atoms with Gasteiger partial charge in [0.1, 0.15) is 5.92 Å². The van der Waals surface area contributed by atoms with Gasteiger partial charge in [-0.1, -0.05) is 12.2 Å². The first-order valence-corrected chi connectivity index (χ1v) is 3.80.